The molecule has 70 valence electrons. The summed E-state index contributed by atoms with van der Waals surface area (Å²) in [6.45, 7) is 0.258. The standard InChI is InChI=1S/C9H5Cl2N3/c10-6-3-8-9(4-7(6)11)14(2-1-12)5-13-8/h3-5H,2H2. The van der Waals surface area contributed by atoms with Crippen molar-refractivity contribution < 1.29 is 0 Å². The molecule has 5 heteroatoms. The fourth-order valence-corrected chi connectivity index (χ4v) is 1.57. The molecular weight excluding hydrogens is 221 g/mol. The van der Waals surface area contributed by atoms with E-state index in [2.05, 4.69) is 4.98 Å². The smallest absolute Gasteiger partial charge is 0.111 e. The third-order valence-corrected chi connectivity index (χ3v) is 2.63. The summed E-state index contributed by atoms with van der Waals surface area (Å²) < 4.78 is 1.72. The zero-order chi connectivity index (χ0) is 10.1. The van der Waals surface area contributed by atoms with E-state index in [0.29, 0.717) is 10.0 Å². The van der Waals surface area contributed by atoms with Crippen molar-refractivity contribution >= 4 is 34.2 Å². The first-order valence-corrected chi connectivity index (χ1v) is 4.65. The van der Waals surface area contributed by atoms with E-state index < -0.39 is 0 Å². The van der Waals surface area contributed by atoms with Gasteiger partial charge in [0.1, 0.15) is 6.54 Å². The lowest BCUT2D eigenvalue weighted by Crippen LogP contribution is -1.92. The molecule has 0 saturated carbocycles. The van der Waals surface area contributed by atoms with Gasteiger partial charge in [-0.1, -0.05) is 23.2 Å². The van der Waals surface area contributed by atoms with Gasteiger partial charge in [-0.25, -0.2) is 4.98 Å². The second kappa shape index (κ2) is 3.49. The highest BCUT2D eigenvalue weighted by atomic mass is 35.5. The molecule has 0 N–H and O–H groups in total. The van der Waals surface area contributed by atoms with Crippen LogP contribution in [0.3, 0.4) is 0 Å². The van der Waals surface area contributed by atoms with Crippen LogP contribution < -0.4 is 0 Å². The molecule has 0 unspecified atom stereocenters. The molecule has 0 fully saturated rings. The van der Waals surface area contributed by atoms with Gasteiger partial charge in [0.2, 0.25) is 0 Å². The molecule has 0 radical (unpaired) electrons. The lowest BCUT2D eigenvalue weighted by molar-refractivity contribution is 0.860. The van der Waals surface area contributed by atoms with Crippen molar-refractivity contribution in [3.8, 4) is 6.07 Å². The molecule has 0 bridgehead atoms. The summed E-state index contributed by atoms with van der Waals surface area (Å²) in [6, 6.07) is 5.44. The van der Waals surface area contributed by atoms with Gasteiger partial charge in [-0.15, -0.1) is 0 Å². The van der Waals surface area contributed by atoms with Crippen LogP contribution >= 0.6 is 23.2 Å². The topological polar surface area (TPSA) is 41.6 Å². The molecule has 0 saturated heterocycles. The highest BCUT2D eigenvalue weighted by molar-refractivity contribution is 6.42. The normalized spacial score (nSPS) is 10.4. The Labute approximate surface area is 90.5 Å². The van der Waals surface area contributed by atoms with E-state index in [-0.39, 0.29) is 6.54 Å². The first-order chi connectivity index (χ1) is 6.72. The molecule has 14 heavy (non-hydrogen) atoms. The first kappa shape index (κ1) is 9.32. The number of rotatable bonds is 1. The van der Waals surface area contributed by atoms with Gasteiger partial charge in [0, 0.05) is 0 Å². The van der Waals surface area contributed by atoms with Crippen LogP contribution in [0.2, 0.25) is 10.0 Å². The molecule has 0 atom stereocenters. The maximum Gasteiger partial charge on any atom is 0.111 e. The molecule has 1 aromatic carbocycles. The Morgan fingerprint density at radius 1 is 1.36 bits per heavy atom. The monoisotopic (exact) mass is 225 g/mol. The molecule has 0 spiro atoms. The van der Waals surface area contributed by atoms with Gasteiger partial charge in [0.25, 0.3) is 0 Å². The van der Waals surface area contributed by atoms with Crippen molar-refractivity contribution in [1.82, 2.24) is 9.55 Å². The van der Waals surface area contributed by atoms with E-state index >= 15 is 0 Å². The maximum atomic E-state index is 8.56. The number of halogens is 2. The van der Waals surface area contributed by atoms with Crippen molar-refractivity contribution in [2.45, 2.75) is 6.54 Å². The summed E-state index contributed by atoms with van der Waals surface area (Å²) >= 11 is 11.7. The SMILES string of the molecule is N#CCn1cnc2cc(Cl)c(Cl)cc21. The number of hydrogen-bond donors (Lipinski definition) is 0. The van der Waals surface area contributed by atoms with E-state index in [1.54, 1.807) is 23.0 Å². The quantitative estimate of drug-likeness (QED) is 0.750. The number of nitriles is 1. The van der Waals surface area contributed by atoms with Gasteiger partial charge in [-0.05, 0) is 12.1 Å². The molecule has 0 aliphatic rings. The van der Waals surface area contributed by atoms with E-state index in [9.17, 15) is 0 Å². The number of imidazole rings is 1. The average molecular weight is 226 g/mol. The molecule has 0 amide bonds. The van der Waals surface area contributed by atoms with E-state index in [4.69, 9.17) is 28.5 Å². The number of aromatic nitrogens is 2. The third kappa shape index (κ3) is 1.43. The highest BCUT2D eigenvalue weighted by Gasteiger charge is 2.05. The zero-order valence-corrected chi connectivity index (χ0v) is 8.55. The van der Waals surface area contributed by atoms with Gasteiger partial charge in [-0.3, -0.25) is 0 Å². The van der Waals surface area contributed by atoms with Crippen LogP contribution in [0.15, 0.2) is 18.5 Å². The van der Waals surface area contributed by atoms with Crippen LogP contribution in [0.5, 0.6) is 0 Å². The van der Waals surface area contributed by atoms with Crippen LogP contribution in [-0.2, 0) is 6.54 Å². The van der Waals surface area contributed by atoms with E-state index in [1.165, 1.54) is 0 Å². The van der Waals surface area contributed by atoms with Crippen LogP contribution in [-0.4, -0.2) is 9.55 Å². The number of benzene rings is 1. The van der Waals surface area contributed by atoms with Gasteiger partial charge < -0.3 is 4.57 Å². The summed E-state index contributed by atoms with van der Waals surface area (Å²) in [5.41, 5.74) is 1.57. The van der Waals surface area contributed by atoms with Gasteiger partial charge in [0.15, 0.2) is 0 Å². The Balaban J connectivity index is 2.69. The maximum absolute atomic E-state index is 8.56. The van der Waals surface area contributed by atoms with Gasteiger partial charge in [-0.2, -0.15) is 5.26 Å². The summed E-state index contributed by atoms with van der Waals surface area (Å²) in [4.78, 5) is 4.11. The van der Waals surface area contributed by atoms with Crippen LogP contribution in [0, 0.1) is 11.3 Å². The minimum absolute atomic E-state index is 0.258. The van der Waals surface area contributed by atoms with Gasteiger partial charge in [0.05, 0.1) is 33.5 Å². The summed E-state index contributed by atoms with van der Waals surface area (Å²) in [6.07, 6.45) is 1.60. The first-order valence-electron chi connectivity index (χ1n) is 3.89. The Bertz CT molecular complexity index is 525. The molecule has 0 aliphatic carbocycles. The third-order valence-electron chi connectivity index (χ3n) is 1.90. The Kier molecular flexibility index (Phi) is 2.32. The Hall–Kier alpha value is -1.24. The highest BCUT2D eigenvalue weighted by Crippen LogP contribution is 2.26. The van der Waals surface area contributed by atoms with Gasteiger partial charge >= 0.3 is 0 Å². The zero-order valence-electron chi connectivity index (χ0n) is 7.04. The van der Waals surface area contributed by atoms with Crippen molar-refractivity contribution in [3.63, 3.8) is 0 Å². The molecule has 1 aromatic heterocycles. The fourth-order valence-electron chi connectivity index (χ4n) is 1.26. The minimum Gasteiger partial charge on any atom is -0.316 e. The minimum atomic E-state index is 0.258. The molecule has 1 heterocycles. The second-order valence-electron chi connectivity index (χ2n) is 2.79. The summed E-state index contributed by atoms with van der Waals surface area (Å²) in [5, 5.41) is 9.51. The summed E-state index contributed by atoms with van der Waals surface area (Å²) in [5.74, 6) is 0. The van der Waals surface area contributed by atoms with Crippen LogP contribution in [0.4, 0.5) is 0 Å². The lowest BCUT2D eigenvalue weighted by Gasteiger charge is -1.98. The summed E-state index contributed by atoms with van der Waals surface area (Å²) in [7, 11) is 0. The van der Waals surface area contributed by atoms with Crippen molar-refractivity contribution in [1.29, 1.82) is 5.26 Å². The van der Waals surface area contributed by atoms with E-state index in [0.717, 1.165) is 11.0 Å². The molecule has 3 nitrogen and oxygen atoms in total. The van der Waals surface area contributed by atoms with Crippen LogP contribution in [0.25, 0.3) is 11.0 Å². The van der Waals surface area contributed by atoms with Crippen molar-refractivity contribution in [3.05, 3.63) is 28.5 Å². The van der Waals surface area contributed by atoms with Crippen molar-refractivity contribution in [2.24, 2.45) is 0 Å². The van der Waals surface area contributed by atoms with Crippen LogP contribution in [0.1, 0.15) is 0 Å². The number of fused-ring (bicyclic) bond motifs is 1. The second-order valence-corrected chi connectivity index (χ2v) is 3.60. The number of hydrogen-bond acceptors (Lipinski definition) is 2. The Morgan fingerprint density at radius 2 is 2.07 bits per heavy atom. The fraction of sp³-hybridized carbons (Fsp3) is 0.111. The average Bonchev–Trinajstić information content (AvgIpc) is 2.51. The molecule has 2 rings (SSSR count). The van der Waals surface area contributed by atoms with E-state index in [1.807, 2.05) is 6.07 Å². The molecule has 2 aromatic rings. The molecule has 0 aliphatic heterocycles. The predicted molar refractivity (Wildman–Crippen MR) is 55.4 cm³/mol. The lowest BCUT2D eigenvalue weighted by atomic mass is 10.3. The predicted octanol–water partition coefficient (Wildman–Crippen LogP) is 2.87. The largest absolute Gasteiger partial charge is 0.316 e. The van der Waals surface area contributed by atoms with Crippen molar-refractivity contribution in [2.75, 3.05) is 0 Å². The Morgan fingerprint density at radius 3 is 2.79 bits per heavy atom. The molecular formula is C9H5Cl2N3. The number of nitrogens with zero attached hydrogens (tertiary/aromatic N) is 3.